The van der Waals surface area contributed by atoms with Crippen LogP contribution in [0.3, 0.4) is 0 Å². The third-order valence-electron chi connectivity index (χ3n) is 4.61. The highest BCUT2D eigenvalue weighted by Gasteiger charge is 2.31. The van der Waals surface area contributed by atoms with Gasteiger partial charge < -0.3 is 9.64 Å². The van der Waals surface area contributed by atoms with Crippen LogP contribution >= 0.6 is 0 Å². The predicted molar refractivity (Wildman–Crippen MR) is 91.5 cm³/mol. The highest BCUT2D eigenvalue weighted by molar-refractivity contribution is 5.94. The van der Waals surface area contributed by atoms with E-state index in [4.69, 9.17) is 4.74 Å². The lowest BCUT2D eigenvalue weighted by molar-refractivity contribution is -0.137. The van der Waals surface area contributed by atoms with Gasteiger partial charge in [-0.3, -0.25) is 4.79 Å². The van der Waals surface area contributed by atoms with Gasteiger partial charge in [-0.2, -0.15) is 13.2 Å². The molecule has 0 aromatic heterocycles. The number of nitrogens with zero attached hydrogens (tertiary/aromatic N) is 1. The van der Waals surface area contributed by atoms with E-state index in [2.05, 4.69) is 0 Å². The van der Waals surface area contributed by atoms with Gasteiger partial charge in [0, 0.05) is 24.2 Å². The third-order valence-corrected chi connectivity index (χ3v) is 4.61. The van der Waals surface area contributed by atoms with Crippen molar-refractivity contribution >= 4 is 5.91 Å². The number of likely N-dealkylation sites (tertiary alicyclic amines) is 1. The molecule has 2 aromatic carbocycles. The summed E-state index contributed by atoms with van der Waals surface area (Å²) in [5, 5.41) is 0. The molecule has 8 heteroatoms. The van der Waals surface area contributed by atoms with Gasteiger partial charge in [0.15, 0.2) is 0 Å². The first-order valence-electron chi connectivity index (χ1n) is 8.76. The van der Waals surface area contributed by atoms with Crippen LogP contribution < -0.4 is 0 Å². The Morgan fingerprint density at radius 3 is 2.50 bits per heavy atom. The molecule has 0 radical (unpaired) electrons. The topological polar surface area (TPSA) is 29.5 Å². The van der Waals surface area contributed by atoms with E-state index in [1.54, 1.807) is 0 Å². The third kappa shape index (κ3) is 4.86. The molecule has 1 saturated heterocycles. The van der Waals surface area contributed by atoms with Crippen LogP contribution in [-0.4, -0.2) is 30.0 Å². The molecule has 1 heterocycles. The van der Waals surface area contributed by atoms with Crippen LogP contribution in [0.25, 0.3) is 0 Å². The Labute approximate surface area is 158 Å². The number of amides is 1. The zero-order chi connectivity index (χ0) is 20.3. The lowest BCUT2D eigenvalue weighted by Crippen LogP contribution is -2.43. The van der Waals surface area contributed by atoms with Gasteiger partial charge in [0.05, 0.1) is 18.3 Å². The van der Waals surface area contributed by atoms with Crippen molar-refractivity contribution < 1.29 is 31.5 Å². The molecule has 0 saturated carbocycles. The van der Waals surface area contributed by atoms with E-state index >= 15 is 0 Å². The minimum atomic E-state index is -4.46. The van der Waals surface area contributed by atoms with Crippen molar-refractivity contribution in [3.8, 4) is 0 Å². The van der Waals surface area contributed by atoms with Crippen LogP contribution in [0, 0.1) is 11.6 Å². The lowest BCUT2D eigenvalue weighted by Gasteiger charge is -2.33. The van der Waals surface area contributed by atoms with E-state index in [1.807, 2.05) is 0 Å². The first kappa shape index (κ1) is 20.3. The maximum absolute atomic E-state index is 13.7. The fourth-order valence-electron chi connectivity index (χ4n) is 3.10. The second-order valence-corrected chi connectivity index (χ2v) is 6.64. The average molecular weight is 399 g/mol. The Morgan fingerprint density at radius 1 is 1.11 bits per heavy atom. The molecule has 0 bridgehead atoms. The number of piperidine rings is 1. The predicted octanol–water partition coefficient (Wildman–Crippen LogP) is 4.81. The van der Waals surface area contributed by atoms with E-state index in [0.29, 0.717) is 19.4 Å². The molecule has 150 valence electrons. The molecule has 0 unspecified atom stereocenters. The number of carbonyl (C=O) groups excluding carboxylic acids is 1. The van der Waals surface area contributed by atoms with Crippen LogP contribution in [-0.2, 0) is 17.5 Å². The van der Waals surface area contributed by atoms with Crippen LogP contribution in [0.15, 0.2) is 42.5 Å². The van der Waals surface area contributed by atoms with Gasteiger partial charge in [-0.05, 0) is 55.3 Å². The summed E-state index contributed by atoms with van der Waals surface area (Å²) < 4.78 is 70.5. The van der Waals surface area contributed by atoms with Crippen molar-refractivity contribution in [2.24, 2.45) is 0 Å². The van der Waals surface area contributed by atoms with E-state index in [0.717, 1.165) is 42.5 Å². The normalized spacial score (nSPS) is 17.6. The molecule has 2 aromatic rings. The van der Waals surface area contributed by atoms with Crippen molar-refractivity contribution in [1.82, 2.24) is 4.90 Å². The smallest absolute Gasteiger partial charge is 0.372 e. The zero-order valence-electron chi connectivity index (χ0n) is 14.8. The van der Waals surface area contributed by atoms with Crippen LogP contribution in [0.5, 0.6) is 0 Å². The second kappa shape index (κ2) is 8.26. The Hall–Kier alpha value is -2.48. The van der Waals surface area contributed by atoms with Gasteiger partial charge in [-0.1, -0.05) is 0 Å². The summed E-state index contributed by atoms with van der Waals surface area (Å²) in [5.74, 6) is -1.53. The molecule has 3 nitrogen and oxygen atoms in total. The van der Waals surface area contributed by atoms with Crippen LogP contribution in [0.1, 0.15) is 34.3 Å². The van der Waals surface area contributed by atoms with E-state index in [9.17, 15) is 26.7 Å². The molecular formula is C20H18F5NO2. The number of hydrogen-bond acceptors (Lipinski definition) is 2. The molecule has 0 spiro atoms. The Balaban J connectivity index is 1.61. The molecule has 1 amide bonds. The number of rotatable bonds is 4. The second-order valence-electron chi connectivity index (χ2n) is 6.64. The number of carbonyl (C=O) groups is 1. The number of ether oxygens (including phenoxy) is 1. The lowest BCUT2D eigenvalue weighted by atomic mass is 10.1. The van der Waals surface area contributed by atoms with Gasteiger partial charge in [0.1, 0.15) is 11.6 Å². The highest BCUT2D eigenvalue weighted by Crippen LogP contribution is 2.29. The Kier molecular flexibility index (Phi) is 5.98. The maximum Gasteiger partial charge on any atom is 0.416 e. The highest BCUT2D eigenvalue weighted by atomic mass is 19.4. The standard InChI is InChI=1S/C20H18F5NO2/c21-16-7-8-18(22)14(10-16)12-28-17-2-1-9-26(11-17)19(27)13-3-5-15(6-4-13)20(23,24)25/h3-8,10,17H,1-2,9,11-12H2/t17-/m0/s1. The number of halogens is 5. The van der Waals surface area contributed by atoms with E-state index in [1.165, 1.54) is 4.90 Å². The first-order chi connectivity index (χ1) is 13.2. The van der Waals surface area contributed by atoms with Gasteiger partial charge in [-0.15, -0.1) is 0 Å². The minimum Gasteiger partial charge on any atom is -0.372 e. The number of benzene rings is 2. The minimum absolute atomic E-state index is 0.0891. The Bertz CT molecular complexity index is 835. The van der Waals surface area contributed by atoms with Crippen molar-refractivity contribution in [3.63, 3.8) is 0 Å². The van der Waals surface area contributed by atoms with Gasteiger partial charge >= 0.3 is 6.18 Å². The van der Waals surface area contributed by atoms with Crippen LogP contribution in [0.4, 0.5) is 22.0 Å². The van der Waals surface area contributed by atoms with Crippen LogP contribution in [0.2, 0.25) is 0 Å². The molecular weight excluding hydrogens is 381 g/mol. The molecule has 1 aliphatic heterocycles. The monoisotopic (exact) mass is 399 g/mol. The van der Waals surface area contributed by atoms with E-state index < -0.39 is 23.4 Å². The van der Waals surface area contributed by atoms with Crippen molar-refractivity contribution in [2.75, 3.05) is 13.1 Å². The summed E-state index contributed by atoms with van der Waals surface area (Å²) in [6.07, 6.45) is -3.54. The molecule has 1 fully saturated rings. The SMILES string of the molecule is O=C(c1ccc(C(F)(F)F)cc1)N1CCC[C@H](OCc2cc(F)ccc2F)C1. The molecule has 1 aliphatic rings. The zero-order valence-corrected chi connectivity index (χ0v) is 14.8. The fourth-order valence-corrected chi connectivity index (χ4v) is 3.10. The molecule has 1 atom stereocenters. The number of alkyl halides is 3. The van der Waals surface area contributed by atoms with E-state index in [-0.39, 0.29) is 36.3 Å². The Morgan fingerprint density at radius 2 is 1.82 bits per heavy atom. The average Bonchev–Trinajstić information content (AvgIpc) is 2.68. The summed E-state index contributed by atoms with van der Waals surface area (Å²) in [7, 11) is 0. The molecule has 0 aliphatic carbocycles. The van der Waals surface area contributed by atoms with Crippen molar-refractivity contribution in [2.45, 2.75) is 31.7 Å². The number of hydrogen-bond donors (Lipinski definition) is 0. The van der Waals surface area contributed by atoms with Crippen molar-refractivity contribution in [3.05, 3.63) is 70.8 Å². The fraction of sp³-hybridized carbons (Fsp3) is 0.350. The molecule has 28 heavy (non-hydrogen) atoms. The first-order valence-corrected chi connectivity index (χ1v) is 8.76. The van der Waals surface area contributed by atoms with Gasteiger partial charge in [-0.25, -0.2) is 8.78 Å². The summed E-state index contributed by atoms with van der Waals surface area (Å²) in [5.41, 5.74) is -0.572. The summed E-state index contributed by atoms with van der Waals surface area (Å²) in [4.78, 5) is 14.1. The van der Waals surface area contributed by atoms with Crippen molar-refractivity contribution in [1.29, 1.82) is 0 Å². The molecule has 0 N–H and O–H groups in total. The van der Waals surface area contributed by atoms with Gasteiger partial charge in [0.25, 0.3) is 5.91 Å². The molecule has 3 rings (SSSR count). The summed E-state index contributed by atoms with van der Waals surface area (Å²) >= 11 is 0. The maximum atomic E-state index is 13.7. The largest absolute Gasteiger partial charge is 0.416 e. The van der Waals surface area contributed by atoms with Gasteiger partial charge in [0.2, 0.25) is 0 Å². The quantitative estimate of drug-likeness (QED) is 0.691. The summed E-state index contributed by atoms with van der Waals surface area (Å²) in [6, 6.07) is 7.15. The summed E-state index contributed by atoms with van der Waals surface area (Å²) in [6.45, 7) is 0.557.